The Morgan fingerprint density at radius 2 is 2.12 bits per heavy atom. The second kappa shape index (κ2) is 4.37. The predicted octanol–water partition coefficient (Wildman–Crippen LogP) is 2.36. The third-order valence-corrected chi connectivity index (χ3v) is 2.54. The van der Waals surface area contributed by atoms with Gasteiger partial charge in [0.25, 0.3) is 0 Å². The van der Waals surface area contributed by atoms with E-state index in [2.05, 4.69) is 15.3 Å². The van der Waals surface area contributed by atoms with Crippen molar-refractivity contribution in [3.63, 3.8) is 0 Å². The van der Waals surface area contributed by atoms with Gasteiger partial charge in [0.1, 0.15) is 17.4 Å². The van der Waals surface area contributed by atoms with Crippen LogP contribution in [-0.4, -0.2) is 17.1 Å². The van der Waals surface area contributed by atoms with Gasteiger partial charge in [0.15, 0.2) is 5.82 Å². The third-order valence-electron chi connectivity index (χ3n) is 2.54. The topological polar surface area (TPSA) is 76.0 Å². The summed E-state index contributed by atoms with van der Waals surface area (Å²) in [6.07, 6.45) is 0. The van der Waals surface area contributed by atoms with Crippen molar-refractivity contribution in [2.45, 2.75) is 13.8 Å². The van der Waals surface area contributed by atoms with Crippen molar-refractivity contribution < 1.29 is 4.74 Å². The molecule has 1 aromatic carbocycles. The molecule has 90 valence electrons. The number of aryl methyl sites for hydroxylation is 2. The molecule has 0 saturated carbocycles. The summed E-state index contributed by atoms with van der Waals surface area (Å²) in [4.78, 5) is 7.22. The van der Waals surface area contributed by atoms with Crippen molar-refractivity contribution in [3.05, 3.63) is 29.6 Å². The van der Waals surface area contributed by atoms with Gasteiger partial charge in [0, 0.05) is 5.69 Å². The maximum Gasteiger partial charge on any atom is 0.173 e. The van der Waals surface area contributed by atoms with Gasteiger partial charge in [-0.3, -0.25) is 0 Å². The summed E-state index contributed by atoms with van der Waals surface area (Å²) in [7, 11) is 1.65. The summed E-state index contributed by atoms with van der Waals surface area (Å²) in [6, 6.07) is 5.79. The van der Waals surface area contributed by atoms with Gasteiger partial charge in [-0.15, -0.1) is 0 Å². The van der Waals surface area contributed by atoms with E-state index in [1.54, 1.807) is 7.11 Å². The Labute approximate surface area is 100 Å². The molecule has 0 aliphatic heterocycles. The number of hydrogen-bond donors (Lipinski definition) is 3. The van der Waals surface area contributed by atoms with Gasteiger partial charge < -0.3 is 20.8 Å². The van der Waals surface area contributed by atoms with E-state index in [1.165, 1.54) is 0 Å². The van der Waals surface area contributed by atoms with Crippen molar-refractivity contribution in [3.8, 4) is 5.75 Å². The molecule has 4 N–H and O–H groups in total. The maximum absolute atomic E-state index is 5.79. The number of nitrogens with two attached hydrogens (primary N) is 1. The summed E-state index contributed by atoms with van der Waals surface area (Å²) in [6.45, 7) is 3.86. The number of rotatable bonds is 3. The Morgan fingerprint density at radius 1 is 1.35 bits per heavy atom. The molecule has 5 heteroatoms. The summed E-state index contributed by atoms with van der Waals surface area (Å²) < 4.78 is 5.15. The molecule has 0 aliphatic carbocycles. The molecule has 0 bridgehead atoms. The van der Waals surface area contributed by atoms with Crippen molar-refractivity contribution in [1.82, 2.24) is 9.97 Å². The number of aromatic nitrogens is 2. The van der Waals surface area contributed by atoms with Crippen LogP contribution in [0.15, 0.2) is 18.2 Å². The zero-order valence-electron chi connectivity index (χ0n) is 10.2. The first kappa shape index (κ1) is 11.3. The number of hydrogen-bond acceptors (Lipinski definition) is 4. The van der Waals surface area contributed by atoms with Gasteiger partial charge in [-0.1, -0.05) is 0 Å². The predicted molar refractivity (Wildman–Crippen MR) is 68.8 cm³/mol. The number of imidazole rings is 1. The van der Waals surface area contributed by atoms with Crippen molar-refractivity contribution >= 4 is 17.3 Å². The molecule has 0 atom stereocenters. The first-order chi connectivity index (χ1) is 8.10. The van der Waals surface area contributed by atoms with Crippen LogP contribution in [0.1, 0.15) is 11.4 Å². The van der Waals surface area contributed by atoms with Gasteiger partial charge in [0.2, 0.25) is 0 Å². The highest BCUT2D eigenvalue weighted by molar-refractivity contribution is 5.68. The van der Waals surface area contributed by atoms with Crippen LogP contribution in [0.2, 0.25) is 0 Å². The average molecular weight is 232 g/mol. The summed E-state index contributed by atoms with van der Waals surface area (Å²) in [5, 5.41) is 3.19. The molecule has 1 aromatic heterocycles. The lowest BCUT2D eigenvalue weighted by Crippen LogP contribution is -1.97. The highest BCUT2D eigenvalue weighted by atomic mass is 16.5. The van der Waals surface area contributed by atoms with E-state index >= 15 is 0 Å². The number of nitrogen functional groups attached to an aromatic ring is 1. The summed E-state index contributed by atoms with van der Waals surface area (Å²) in [5.74, 6) is 2.81. The standard InChI is InChI=1S/C12H16N4O/c1-7-6-9(17-3)4-5-10(7)16-12-11(13)14-8(2)15-12/h4-6,16H,13H2,1-3H3,(H,14,15). The largest absolute Gasteiger partial charge is 0.497 e. The van der Waals surface area contributed by atoms with Crippen LogP contribution >= 0.6 is 0 Å². The van der Waals surface area contributed by atoms with E-state index < -0.39 is 0 Å². The number of benzene rings is 1. The molecular formula is C12H16N4O. The number of nitrogens with one attached hydrogen (secondary N) is 2. The molecule has 2 rings (SSSR count). The molecule has 2 aromatic rings. The SMILES string of the molecule is COc1ccc(Nc2nc(C)[nH]c2N)c(C)c1. The van der Waals surface area contributed by atoms with Crippen molar-refractivity contribution in [1.29, 1.82) is 0 Å². The van der Waals surface area contributed by atoms with Crippen LogP contribution in [0.3, 0.4) is 0 Å². The van der Waals surface area contributed by atoms with Gasteiger partial charge >= 0.3 is 0 Å². The molecule has 1 heterocycles. The van der Waals surface area contributed by atoms with E-state index in [0.717, 1.165) is 22.8 Å². The number of nitrogens with zero attached hydrogens (tertiary/aromatic N) is 1. The first-order valence-electron chi connectivity index (χ1n) is 5.34. The highest BCUT2D eigenvalue weighted by Gasteiger charge is 2.07. The van der Waals surface area contributed by atoms with E-state index in [0.29, 0.717) is 11.6 Å². The Morgan fingerprint density at radius 3 is 2.65 bits per heavy atom. The molecule has 0 amide bonds. The van der Waals surface area contributed by atoms with Crippen LogP contribution in [0, 0.1) is 13.8 Å². The van der Waals surface area contributed by atoms with Crippen LogP contribution in [0.4, 0.5) is 17.3 Å². The minimum Gasteiger partial charge on any atom is -0.497 e. The van der Waals surface area contributed by atoms with Crippen LogP contribution in [-0.2, 0) is 0 Å². The maximum atomic E-state index is 5.79. The fourth-order valence-electron chi connectivity index (χ4n) is 1.64. The fraction of sp³-hybridized carbons (Fsp3) is 0.250. The third kappa shape index (κ3) is 2.33. The summed E-state index contributed by atoms with van der Waals surface area (Å²) >= 11 is 0. The molecule has 0 spiro atoms. The molecule has 0 saturated heterocycles. The van der Waals surface area contributed by atoms with Crippen LogP contribution in [0.25, 0.3) is 0 Å². The van der Waals surface area contributed by atoms with E-state index in [4.69, 9.17) is 10.5 Å². The minimum absolute atomic E-state index is 0.540. The molecule has 0 aliphatic rings. The van der Waals surface area contributed by atoms with E-state index in [1.807, 2.05) is 32.0 Å². The Bertz CT molecular complexity index is 533. The number of ether oxygens (including phenoxy) is 1. The Kier molecular flexibility index (Phi) is 2.91. The first-order valence-corrected chi connectivity index (χ1v) is 5.34. The second-order valence-electron chi connectivity index (χ2n) is 3.89. The number of anilines is 3. The van der Waals surface area contributed by atoms with Gasteiger partial charge in [0.05, 0.1) is 7.11 Å². The number of H-pyrrole nitrogens is 1. The molecule has 0 fully saturated rings. The quantitative estimate of drug-likeness (QED) is 0.759. The fourth-order valence-corrected chi connectivity index (χ4v) is 1.64. The normalized spacial score (nSPS) is 10.3. The van der Waals surface area contributed by atoms with Gasteiger partial charge in [-0.2, -0.15) is 0 Å². The lowest BCUT2D eigenvalue weighted by atomic mass is 10.2. The molecular weight excluding hydrogens is 216 g/mol. The number of aromatic amines is 1. The van der Waals surface area contributed by atoms with Crippen molar-refractivity contribution in [2.24, 2.45) is 0 Å². The zero-order valence-corrected chi connectivity index (χ0v) is 10.2. The Balaban J connectivity index is 2.27. The van der Waals surface area contributed by atoms with Crippen LogP contribution < -0.4 is 15.8 Å². The average Bonchev–Trinajstić information content (AvgIpc) is 2.60. The second-order valence-corrected chi connectivity index (χ2v) is 3.89. The lowest BCUT2D eigenvalue weighted by Gasteiger charge is -2.09. The number of methoxy groups -OCH3 is 1. The van der Waals surface area contributed by atoms with Gasteiger partial charge in [-0.05, 0) is 37.6 Å². The molecule has 0 unspecified atom stereocenters. The molecule has 0 radical (unpaired) electrons. The molecule has 5 nitrogen and oxygen atoms in total. The van der Waals surface area contributed by atoms with Crippen LogP contribution in [0.5, 0.6) is 5.75 Å². The monoisotopic (exact) mass is 232 g/mol. The molecule has 17 heavy (non-hydrogen) atoms. The minimum atomic E-state index is 0.540. The lowest BCUT2D eigenvalue weighted by molar-refractivity contribution is 0.414. The smallest absolute Gasteiger partial charge is 0.173 e. The highest BCUT2D eigenvalue weighted by Crippen LogP contribution is 2.26. The van der Waals surface area contributed by atoms with E-state index in [9.17, 15) is 0 Å². The van der Waals surface area contributed by atoms with Crippen molar-refractivity contribution in [2.75, 3.05) is 18.2 Å². The Hall–Kier alpha value is -2.17. The zero-order chi connectivity index (χ0) is 12.4. The van der Waals surface area contributed by atoms with E-state index in [-0.39, 0.29) is 0 Å². The summed E-state index contributed by atoms with van der Waals surface area (Å²) in [5.41, 5.74) is 7.83. The van der Waals surface area contributed by atoms with Gasteiger partial charge in [-0.25, -0.2) is 4.98 Å².